The van der Waals surface area contributed by atoms with Crippen LogP contribution in [0.5, 0.6) is 5.75 Å². The van der Waals surface area contributed by atoms with Crippen LogP contribution in [0.15, 0.2) is 59.0 Å². The van der Waals surface area contributed by atoms with E-state index in [-0.39, 0.29) is 0 Å². The molecule has 1 aromatic heterocycles. The topological polar surface area (TPSA) is 39.0 Å². The Morgan fingerprint density at radius 1 is 0.958 bits per heavy atom. The lowest BCUT2D eigenvalue weighted by molar-refractivity contribution is -0.687. The van der Waals surface area contributed by atoms with E-state index in [0.717, 1.165) is 35.9 Å². The highest BCUT2D eigenvalue weighted by molar-refractivity contribution is 6.36. The van der Waals surface area contributed by atoms with Crippen molar-refractivity contribution in [3.8, 4) is 17.1 Å². The molecule has 5 heteroatoms. The average Bonchev–Trinajstić information content (AvgIpc) is 3.04. The highest BCUT2D eigenvalue weighted by atomic mass is 35.5. The van der Waals surface area contributed by atoms with E-state index < -0.39 is 0 Å². The van der Waals surface area contributed by atoms with Gasteiger partial charge >= 0.3 is 0 Å². The molecule has 2 aromatic carbocycles. The second kappa shape index (κ2) is 7.75. The highest BCUT2D eigenvalue weighted by Gasteiger charge is 2.10. The molecule has 0 aliphatic rings. The summed E-state index contributed by atoms with van der Waals surface area (Å²) in [5.41, 5.74) is 2.09. The number of hydrogen-bond acceptors (Lipinski definition) is 2. The van der Waals surface area contributed by atoms with Crippen molar-refractivity contribution < 1.29 is 14.5 Å². The normalized spacial score (nSPS) is 10.8. The van der Waals surface area contributed by atoms with E-state index in [2.05, 4.69) is 17.4 Å². The molecule has 0 spiro atoms. The molecule has 0 unspecified atom stereocenters. The van der Waals surface area contributed by atoms with E-state index in [9.17, 15) is 0 Å². The van der Waals surface area contributed by atoms with Crippen molar-refractivity contribution in [2.24, 2.45) is 0 Å². The minimum atomic E-state index is 0.589. The molecule has 0 amide bonds. The number of quaternary nitrogens is 1. The second-order valence-corrected chi connectivity index (χ2v) is 6.28. The quantitative estimate of drug-likeness (QED) is 0.699. The van der Waals surface area contributed by atoms with Crippen LogP contribution in [-0.2, 0) is 13.1 Å². The third-order valence-electron chi connectivity index (χ3n) is 3.74. The van der Waals surface area contributed by atoms with Crippen molar-refractivity contribution in [3.05, 3.63) is 76.0 Å². The molecule has 0 bridgehead atoms. The molecular formula is C19H18Cl2NO2+. The van der Waals surface area contributed by atoms with Gasteiger partial charge in [-0.2, -0.15) is 0 Å². The summed E-state index contributed by atoms with van der Waals surface area (Å²) >= 11 is 12.1. The molecule has 3 aromatic rings. The summed E-state index contributed by atoms with van der Waals surface area (Å²) in [5, 5.41) is 3.39. The van der Waals surface area contributed by atoms with Gasteiger partial charge in [0.2, 0.25) is 0 Å². The number of methoxy groups -OCH3 is 1. The Morgan fingerprint density at radius 3 is 2.46 bits per heavy atom. The summed E-state index contributed by atoms with van der Waals surface area (Å²) in [7, 11) is 1.67. The first-order valence-corrected chi connectivity index (χ1v) is 8.40. The largest absolute Gasteiger partial charge is 0.497 e. The monoisotopic (exact) mass is 362 g/mol. The van der Waals surface area contributed by atoms with Crippen LogP contribution in [0.1, 0.15) is 11.3 Å². The molecule has 24 heavy (non-hydrogen) atoms. The van der Waals surface area contributed by atoms with Crippen molar-refractivity contribution >= 4 is 23.2 Å². The molecule has 0 fully saturated rings. The molecule has 2 N–H and O–H groups in total. The zero-order valence-electron chi connectivity index (χ0n) is 13.3. The van der Waals surface area contributed by atoms with Crippen LogP contribution in [0.4, 0.5) is 0 Å². The van der Waals surface area contributed by atoms with Gasteiger partial charge in [0.15, 0.2) is 5.76 Å². The molecule has 3 rings (SSSR count). The Labute approximate surface area is 151 Å². The van der Waals surface area contributed by atoms with Crippen LogP contribution in [-0.4, -0.2) is 7.11 Å². The van der Waals surface area contributed by atoms with Crippen LogP contribution < -0.4 is 10.1 Å². The lowest BCUT2D eigenvalue weighted by Crippen LogP contribution is -2.80. The third kappa shape index (κ3) is 4.12. The smallest absolute Gasteiger partial charge is 0.158 e. The number of benzene rings is 2. The van der Waals surface area contributed by atoms with E-state index in [0.29, 0.717) is 10.0 Å². The summed E-state index contributed by atoms with van der Waals surface area (Å²) in [6, 6.07) is 17.4. The Hall–Kier alpha value is -1.94. The second-order valence-electron chi connectivity index (χ2n) is 5.44. The van der Waals surface area contributed by atoms with Crippen molar-refractivity contribution in [1.29, 1.82) is 0 Å². The van der Waals surface area contributed by atoms with Crippen molar-refractivity contribution in [1.82, 2.24) is 0 Å². The minimum absolute atomic E-state index is 0.589. The van der Waals surface area contributed by atoms with Crippen LogP contribution >= 0.6 is 23.2 Å². The Kier molecular flexibility index (Phi) is 5.46. The SMILES string of the molecule is COc1ccc(C[NH2+]Cc2ccc(-c3ccc(Cl)cc3Cl)o2)cc1. The lowest BCUT2D eigenvalue weighted by Gasteiger charge is -2.03. The summed E-state index contributed by atoms with van der Waals surface area (Å²) < 4.78 is 11.0. The zero-order valence-corrected chi connectivity index (χ0v) is 14.8. The summed E-state index contributed by atoms with van der Waals surface area (Å²) in [5.74, 6) is 2.53. The van der Waals surface area contributed by atoms with Gasteiger partial charge in [0.25, 0.3) is 0 Å². The highest BCUT2D eigenvalue weighted by Crippen LogP contribution is 2.31. The standard InChI is InChI=1S/C19H17Cl2NO2/c1-23-15-5-2-13(3-6-15)11-22-12-16-7-9-19(24-16)17-8-4-14(20)10-18(17)21/h2-10,22H,11-12H2,1H3/p+1. The van der Waals surface area contributed by atoms with Gasteiger partial charge in [-0.05, 0) is 54.6 Å². The number of ether oxygens (including phenoxy) is 1. The van der Waals surface area contributed by atoms with Crippen LogP contribution in [0.2, 0.25) is 10.0 Å². The first-order valence-electron chi connectivity index (χ1n) is 7.64. The third-order valence-corrected chi connectivity index (χ3v) is 4.29. The van der Waals surface area contributed by atoms with Gasteiger partial charge in [0, 0.05) is 16.1 Å². The maximum absolute atomic E-state index is 6.22. The van der Waals surface area contributed by atoms with Gasteiger partial charge in [-0.25, -0.2) is 0 Å². The Balaban J connectivity index is 1.59. The molecule has 0 atom stereocenters. The van der Waals surface area contributed by atoms with Gasteiger partial charge in [-0.3, -0.25) is 0 Å². The zero-order chi connectivity index (χ0) is 16.9. The van der Waals surface area contributed by atoms with Gasteiger partial charge in [-0.1, -0.05) is 23.2 Å². The fourth-order valence-electron chi connectivity index (χ4n) is 2.46. The number of hydrogen-bond donors (Lipinski definition) is 1. The number of nitrogens with two attached hydrogens (primary N) is 1. The van der Waals surface area contributed by atoms with Crippen LogP contribution in [0, 0.1) is 0 Å². The summed E-state index contributed by atoms with van der Waals surface area (Å²) in [4.78, 5) is 0. The molecule has 1 heterocycles. The maximum atomic E-state index is 6.22. The molecule has 0 radical (unpaired) electrons. The van der Waals surface area contributed by atoms with Crippen molar-refractivity contribution in [2.75, 3.05) is 7.11 Å². The predicted octanol–water partition coefficient (Wildman–Crippen LogP) is 4.53. The van der Waals surface area contributed by atoms with E-state index in [1.165, 1.54) is 5.56 Å². The van der Waals surface area contributed by atoms with Gasteiger partial charge < -0.3 is 14.5 Å². The van der Waals surface area contributed by atoms with Crippen LogP contribution in [0.3, 0.4) is 0 Å². The lowest BCUT2D eigenvalue weighted by atomic mass is 10.2. The predicted molar refractivity (Wildman–Crippen MR) is 96.5 cm³/mol. The van der Waals surface area contributed by atoms with E-state index >= 15 is 0 Å². The van der Waals surface area contributed by atoms with Gasteiger partial charge in [0.1, 0.15) is 24.6 Å². The molecular weight excluding hydrogens is 345 g/mol. The van der Waals surface area contributed by atoms with E-state index in [4.69, 9.17) is 32.4 Å². The summed E-state index contributed by atoms with van der Waals surface area (Å²) in [6.07, 6.45) is 0. The van der Waals surface area contributed by atoms with Crippen LogP contribution in [0.25, 0.3) is 11.3 Å². The molecule has 124 valence electrons. The van der Waals surface area contributed by atoms with Crippen molar-refractivity contribution in [2.45, 2.75) is 13.1 Å². The minimum Gasteiger partial charge on any atom is -0.497 e. The molecule has 0 saturated carbocycles. The average molecular weight is 363 g/mol. The first kappa shape index (κ1) is 16.9. The fourth-order valence-corrected chi connectivity index (χ4v) is 2.97. The Morgan fingerprint density at radius 2 is 1.75 bits per heavy atom. The number of rotatable bonds is 6. The molecule has 0 aliphatic carbocycles. The molecule has 3 nitrogen and oxygen atoms in total. The van der Waals surface area contributed by atoms with Gasteiger partial charge in [0.05, 0.1) is 12.1 Å². The fraction of sp³-hybridized carbons (Fsp3) is 0.158. The van der Waals surface area contributed by atoms with E-state index in [1.807, 2.05) is 30.3 Å². The number of halogens is 2. The summed E-state index contributed by atoms with van der Waals surface area (Å²) in [6.45, 7) is 1.64. The van der Waals surface area contributed by atoms with Crippen molar-refractivity contribution in [3.63, 3.8) is 0 Å². The molecule has 0 aliphatic heterocycles. The Bertz CT molecular complexity index is 812. The number of furan rings is 1. The molecule has 0 saturated heterocycles. The first-order chi connectivity index (χ1) is 11.7. The van der Waals surface area contributed by atoms with Gasteiger partial charge in [-0.15, -0.1) is 0 Å². The maximum Gasteiger partial charge on any atom is 0.158 e. The van der Waals surface area contributed by atoms with E-state index in [1.54, 1.807) is 19.2 Å².